The van der Waals surface area contributed by atoms with Gasteiger partial charge in [-0.15, -0.1) is 0 Å². The number of hydrogen-bond acceptors (Lipinski definition) is 2. The number of hydrogen-bond donors (Lipinski definition) is 0. The van der Waals surface area contributed by atoms with E-state index < -0.39 is 0 Å². The Balaban J connectivity index is 1.28. The summed E-state index contributed by atoms with van der Waals surface area (Å²) in [5.74, 6) is 0.724. The molecule has 0 aliphatic heterocycles. The third-order valence-corrected chi connectivity index (χ3v) is 10.6. The lowest BCUT2D eigenvalue weighted by Gasteiger charge is -2.21. The van der Waals surface area contributed by atoms with E-state index in [-0.39, 0.29) is 5.41 Å². The minimum Gasteiger partial charge on any atom is -0.309 e. The summed E-state index contributed by atoms with van der Waals surface area (Å²) in [5.41, 5.74) is 15.2. The summed E-state index contributed by atoms with van der Waals surface area (Å²) >= 11 is 0. The van der Waals surface area contributed by atoms with Gasteiger partial charge in [0, 0.05) is 38.4 Å². The van der Waals surface area contributed by atoms with Gasteiger partial charge in [-0.1, -0.05) is 141 Å². The highest BCUT2D eigenvalue weighted by atomic mass is 15.0. The van der Waals surface area contributed by atoms with E-state index in [0.717, 1.165) is 55.7 Å². The van der Waals surface area contributed by atoms with Gasteiger partial charge in [-0.25, -0.2) is 9.97 Å². The summed E-state index contributed by atoms with van der Waals surface area (Å²) in [6.45, 7) is 4.69. The van der Waals surface area contributed by atoms with Gasteiger partial charge in [-0.2, -0.15) is 0 Å². The average molecular weight is 640 g/mol. The number of fused-ring (bicyclic) bond motifs is 7. The number of rotatable bonds is 4. The molecule has 0 bridgehead atoms. The highest BCUT2D eigenvalue weighted by Crippen LogP contribution is 2.52. The fourth-order valence-corrected chi connectivity index (χ4v) is 8.29. The summed E-state index contributed by atoms with van der Waals surface area (Å²) < 4.78 is 2.38. The predicted molar refractivity (Wildman–Crippen MR) is 208 cm³/mol. The molecule has 3 nitrogen and oxygen atoms in total. The van der Waals surface area contributed by atoms with Crippen LogP contribution in [0, 0.1) is 0 Å². The second-order valence-electron chi connectivity index (χ2n) is 13.8. The first kappa shape index (κ1) is 28.7. The molecule has 0 radical (unpaired) electrons. The molecule has 2 aromatic heterocycles. The van der Waals surface area contributed by atoms with E-state index in [1.165, 1.54) is 38.8 Å². The SMILES string of the molecule is CC1(C)c2ccccc2-c2c(-c3ccc4c(c3)c3c(-c5nc(-c6ccccc6)c6ccccc6n5)cccc3n4-c3ccccc3)cccc21. The molecule has 2 heterocycles. The molecule has 0 unspecified atom stereocenters. The van der Waals surface area contributed by atoms with E-state index in [2.05, 4.69) is 176 Å². The molecular formula is C47H33N3. The first-order valence-electron chi connectivity index (χ1n) is 17.3. The van der Waals surface area contributed by atoms with Gasteiger partial charge in [0.15, 0.2) is 5.82 Å². The maximum Gasteiger partial charge on any atom is 0.161 e. The van der Waals surface area contributed by atoms with Crippen LogP contribution in [0.25, 0.3) is 83.3 Å². The van der Waals surface area contributed by atoms with Gasteiger partial charge in [0.1, 0.15) is 0 Å². The third kappa shape index (κ3) is 4.17. The Morgan fingerprint density at radius 1 is 0.480 bits per heavy atom. The van der Waals surface area contributed by atoms with Crippen LogP contribution in [-0.4, -0.2) is 14.5 Å². The smallest absolute Gasteiger partial charge is 0.161 e. The second kappa shape index (κ2) is 10.8. The standard InChI is InChI=1S/C47H33N3/c1-47(2)38-23-11-9-19-34(38)43-33(21-13-24-39(43)47)31-27-28-41-37(29-31)44-36(22-14-26-42(44)50(41)32-17-7-4-8-18-32)46-48-40-25-12-10-20-35(40)45(49-46)30-15-5-3-6-16-30/h3-29H,1-2H3. The number of para-hydroxylation sites is 2. The van der Waals surface area contributed by atoms with E-state index in [1.54, 1.807) is 0 Å². The maximum atomic E-state index is 5.33. The molecule has 7 aromatic carbocycles. The van der Waals surface area contributed by atoms with Crippen molar-refractivity contribution in [1.82, 2.24) is 14.5 Å². The Morgan fingerprint density at radius 2 is 1.16 bits per heavy atom. The van der Waals surface area contributed by atoms with Crippen LogP contribution in [0.15, 0.2) is 164 Å². The van der Waals surface area contributed by atoms with Gasteiger partial charge in [0.2, 0.25) is 0 Å². The van der Waals surface area contributed by atoms with Gasteiger partial charge in [0.25, 0.3) is 0 Å². The van der Waals surface area contributed by atoms with E-state index in [1.807, 2.05) is 6.07 Å². The zero-order valence-corrected chi connectivity index (χ0v) is 27.9. The third-order valence-electron chi connectivity index (χ3n) is 10.6. The molecule has 0 atom stereocenters. The van der Waals surface area contributed by atoms with Crippen LogP contribution in [0.4, 0.5) is 0 Å². The van der Waals surface area contributed by atoms with Crippen LogP contribution < -0.4 is 0 Å². The van der Waals surface area contributed by atoms with Crippen molar-refractivity contribution in [3.05, 3.63) is 175 Å². The van der Waals surface area contributed by atoms with Crippen LogP contribution in [0.3, 0.4) is 0 Å². The predicted octanol–water partition coefficient (Wildman–Crippen LogP) is 12.0. The Hall–Kier alpha value is -6.32. The maximum absolute atomic E-state index is 5.33. The van der Waals surface area contributed by atoms with Gasteiger partial charge in [-0.05, 0) is 69.8 Å². The van der Waals surface area contributed by atoms with E-state index in [9.17, 15) is 0 Å². The molecule has 0 amide bonds. The van der Waals surface area contributed by atoms with Crippen molar-refractivity contribution in [2.45, 2.75) is 19.3 Å². The van der Waals surface area contributed by atoms with Crippen molar-refractivity contribution in [2.24, 2.45) is 0 Å². The van der Waals surface area contributed by atoms with Crippen molar-refractivity contribution in [1.29, 1.82) is 0 Å². The molecule has 3 heteroatoms. The van der Waals surface area contributed by atoms with Crippen LogP contribution >= 0.6 is 0 Å². The van der Waals surface area contributed by atoms with Crippen molar-refractivity contribution in [2.75, 3.05) is 0 Å². The molecule has 9 aromatic rings. The first-order valence-corrected chi connectivity index (χ1v) is 17.3. The molecule has 0 fully saturated rings. The van der Waals surface area contributed by atoms with Crippen molar-refractivity contribution < 1.29 is 0 Å². The number of benzene rings is 7. The zero-order valence-electron chi connectivity index (χ0n) is 27.9. The molecule has 0 spiro atoms. The molecule has 0 saturated carbocycles. The number of aromatic nitrogens is 3. The Labute approximate surface area is 291 Å². The van der Waals surface area contributed by atoms with Crippen LogP contribution in [-0.2, 0) is 5.41 Å². The van der Waals surface area contributed by atoms with Crippen molar-refractivity contribution in [3.8, 4) is 50.6 Å². The topological polar surface area (TPSA) is 30.7 Å². The van der Waals surface area contributed by atoms with Gasteiger partial charge < -0.3 is 4.57 Å². The van der Waals surface area contributed by atoms with Crippen molar-refractivity contribution >= 4 is 32.7 Å². The highest BCUT2D eigenvalue weighted by molar-refractivity contribution is 6.16. The van der Waals surface area contributed by atoms with E-state index in [4.69, 9.17) is 9.97 Å². The van der Waals surface area contributed by atoms with E-state index in [0.29, 0.717) is 0 Å². The summed E-state index contributed by atoms with van der Waals surface area (Å²) in [6.07, 6.45) is 0. The quantitative estimate of drug-likeness (QED) is 0.192. The molecule has 1 aliphatic carbocycles. The second-order valence-corrected chi connectivity index (χ2v) is 13.8. The molecule has 10 rings (SSSR count). The van der Waals surface area contributed by atoms with Gasteiger partial charge >= 0.3 is 0 Å². The summed E-state index contributed by atoms with van der Waals surface area (Å²) in [7, 11) is 0. The summed E-state index contributed by atoms with van der Waals surface area (Å²) in [5, 5.41) is 3.37. The molecular weight excluding hydrogens is 607 g/mol. The van der Waals surface area contributed by atoms with Crippen LogP contribution in [0.1, 0.15) is 25.0 Å². The number of nitrogens with zero attached hydrogens (tertiary/aromatic N) is 3. The largest absolute Gasteiger partial charge is 0.309 e. The fraction of sp³-hybridized carbons (Fsp3) is 0.0638. The Kier molecular flexibility index (Phi) is 6.22. The van der Waals surface area contributed by atoms with Crippen LogP contribution in [0.5, 0.6) is 0 Å². The highest BCUT2D eigenvalue weighted by Gasteiger charge is 2.36. The minimum atomic E-state index is -0.0631. The first-order chi connectivity index (χ1) is 24.6. The Bertz CT molecular complexity index is 2770. The molecule has 236 valence electrons. The van der Waals surface area contributed by atoms with Crippen molar-refractivity contribution in [3.63, 3.8) is 0 Å². The Morgan fingerprint density at radius 3 is 2.02 bits per heavy atom. The molecule has 0 saturated heterocycles. The normalized spacial score (nSPS) is 13.2. The summed E-state index contributed by atoms with van der Waals surface area (Å²) in [4.78, 5) is 10.5. The van der Waals surface area contributed by atoms with Gasteiger partial charge in [-0.3, -0.25) is 0 Å². The summed E-state index contributed by atoms with van der Waals surface area (Å²) in [6, 6.07) is 58.7. The lowest BCUT2D eigenvalue weighted by Crippen LogP contribution is -2.14. The van der Waals surface area contributed by atoms with Crippen LogP contribution in [0.2, 0.25) is 0 Å². The zero-order chi connectivity index (χ0) is 33.4. The van der Waals surface area contributed by atoms with Gasteiger partial charge in [0.05, 0.1) is 22.2 Å². The molecule has 50 heavy (non-hydrogen) atoms. The van der Waals surface area contributed by atoms with E-state index >= 15 is 0 Å². The monoisotopic (exact) mass is 639 g/mol. The fourth-order valence-electron chi connectivity index (χ4n) is 8.29. The minimum absolute atomic E-state index is 0.0631. The lowest BCUT2D eigenvalue weighted by molar-refractivity contribution is 0.660. The molecule has 1 aliphatic rings. The molecule has 0 N–H and O–H groups in total. The average Bonchev–Trinajstić information content (AvgIpc) is 3.63. The lowest BCUT2D eigenvalue weighted by atomic mass is 9.82.